The molecular formula is C16H16BrFN2O. The van der Waals surface area contributed by atoms with Gasteiger partial charge in [0.15, 0.2) is 11.6 Å². The zero-order valence-electron chi connectivity index (χ0n) is 11.5. The second kappa shape index (κ2) is 6.54. The summed E-state index contributed by atoms with van der Waals surface area (Å²) in [7, 11) is 0. The zero-order chi connectivity index (χ0) is 14.7. The summed E-state index contributed by atoms with van der Waals surface area (Å²) in [4.78, 5) is 4.35. The lowest BCUT2D eigenvalue weighted by Crippen LogP contribution is -2.15. The van der Waals surface area contributed by atoms with Crippen LogP contribution in [0.25, 0.3) is 0 Å². The Morgan fingerprint density at radius 1 is 1.29 bits per heavy atom. The summed E-state index contributed by atoms with van der Waals surface area (Å²) in [5.74, 6) is -0.144. The zero-order valence-corrected chi connectivity index (χ0v) is 13.1. The summed E-state index contributed by atoms with van der Waals surface area (Å²) < 4.78 is 19.8. The second-order valence-corrected chi connectivity index (χ2v) is 6.09. The van der Waals surface area contributed by atoms with Crippen molar-refractivity contribution < 1.29 is 9.13 Å². The molecule has 21 heavy (non-hydrogen) atoms. The van der Waals surface area contributed by atoms with Gasteiger partial charge in [0.2, 0.25) is 0 Å². The number of benzene rings is 1. The number of aromatic nitrogens is 1. The smallest absolute Gasteiger partial charge is 0.165 e. The molecule has 1 heterocycles. The fourth-order valence-corrected chi connectivity index (χ4v) is 2.27. The van der Waals surface area contributed by atoms with Crippen molar-refractivity contribution in [3.8, 4) is 5.75 Å². The van der Waals surface area contributed by atoms with Gasteiger partial charge in [-0.1, -0.05) is 22.0 Å². The molecule has 1 aliphatic rings. The van der Waals surface area contributed by atoms with Gasteiger partial charge in [0.1, 0.15) is 6.61 Å². The first-order valence-electron chi connectivity index (χ1n) is 6.96. The van der Waals surface area contributed by atoms with Crippen LogP contribution >= 0.6 is 15.9 Å². The molecule has 3 rings (SSSR count). The predicted molar refractivity (Wildman–Crippen MR) is 82.5 cm³/mol. The summed E-state index contributed by atoms with van der Waals surface area (Å²) in [6.07, 6.45) is 4.39. The number of nitrogens with one attached hydrogen (secondary N) is 1. The Hall–Kier alpha value is -1.46. The largest absolute Gasteiger partial charge is 0.484 e. The Labute approximate surface area is 131 Å². The first-order chi connectivity index (χ1) is 10.2. The van der Waals surface area contributed by atoms with Gasteiger partial charge in [-0.15, -0.1) is 0 Å². The van der Waals surface area contributed by atoms with E-state index >= 15 is 0 Å². The van der Waals surface area contributed by atoms with Gasteiger partial charge in [0.05, 0.1) is 5.69 Å². The van der Waals surface area contributed by atoms with Crippen molar-refractivity contribution >= 4 is 15.9 Å². The maximum Gasteiger partial charge on any atom is 0.165 e. The quantitative estimate of drug-likeness (QED) is 0.859. The molecule has 1 aliphatic carbocycles. The highest BCUT2D eigenvalue weighted by Crippen LogP contribution is 2.23. The van der Waals surface area contributed by atoms with Crippen molar-refractivity contribution in [2.45, 2.75) is 32.0 Å². The van der Waals surface area contributed by atoms with Gasteiger partial charge in [-0.25, -0.2) is 4.39 Å². The van der Waals surface area contributed by atoms with Crippen molar-refractivity contribution in [1.29, 1.82) is 0 Å². The molecular weight excluding hydrogens is 335 g/mol. The van der Waals surface area contributed by atoms with E-state index in [2.05, 4.69) is 26.2 Å². The monoisotopic (exact) mass is 350 g/mol. The van der Waals surface area contributed by atoms with E-state index in [0.717, 1.165) is 22.3 Å². The van der Waals surface area contributed by atoms with Crippen LogP contribution in [0, 0.1) is 5.82 Å². The third kappa shape index (κ3) is 4.25. The molecule has 0 spiro atoms. The van der Waals surface area contributed by atoms with Gasteiger partial charge in [-0.3, -0.25) is 4.98 Å². The van der Waals surface area contributed by atoms with E-state index in [9.17, 15) is 4.39 Å². The van der Waals surface area contributed by atoms with Crippen molar-refractivity contribution in [3.63, 3.8) is 0 Å². The number of rotatable bonds is 6. The molecule has 1 aromatic carbocycles. The molecule has 5 heteroatoms. The topological polar surface area (TPSA) is 34.1 Å². The Bertz CT molecular complexity index is 614. The minimum Gasteiger partial charge on any atom is -0.484 e. The van der Waals surface area contributed by atoms with Crippen molar-refractivity contribution in [3.05, 3.63) is 58.1 Å². The Kier molecular flexibility index (Phi) is 4.51. The number of hydrogen-bond acceptors (Lipinski definition) is 3. The molecule has 0 atom stereocenters. The normalized spacial score (nSPS) is 14.2. The van der Waals surface area contributed by atoms with Gasteiger partial charge in [0, 0.05) is 23.3 Å². The lowest BCUT2D eigenvalue weighted by Gasteiger charge is -2.08. The summed E-state index contributed by atoms with van der Waals surface area (Å²) in [6.45, 7) is 1.10. The maximum absolute atomic E-state index is 13.5. The van der Waals surface area contributed by atoms with E-state index in [1.54, 1.807) is 12.1 Å². The molecule has 0 aliphatic heterocycles. The summed E-state index contributed by atoms with van der Waals surface area (Å²) >= 11 is 3.30. The summed E-state index contributed by atoms with van der Waals surface area (Å²) in [5, 5.41) is 3.44. The first-order valence-corrected chi connectivity index (χ1v) is 7.75. The second-order valence-electron chi connectivity index (χ2n) is 5.18. The van der Waals surface area contributed by atoms with Crippen molar-refractivity contribution in [1.82, 2.24) is 10.3 Å². The van der Waals surface area contributed by atoms with Crippen LogP contribution < -0.4 is 10.1 Å². The van der Waals surface area contributed by atoms with Crippen LogP contribution in [0.4, 0.5) is 4.39 Å². The number of pyridine rings is 1. The predicted octanol–water partition coefficient (Wildman–Crippen LogP) is 3.81. The van der Waals surface area contributed by atoms with Gasteiger partial charge >= 0.3 is 0 Å². The molecule has 1 N–H and O–H groups in total. The summed E-state index contributed by atoms with van der Waals surface area (Å²) in [5.41, 5.74) is 1.93. The fraction of sp³-hybridized carbons (Fsp3) is 0.312. The Balaban J connectivity index is 1.55. The minimum absolute atomic E-state index is 0.227. The van der Waals surface area contributed by atoms with Crippen LogP contribution in [-0.4, -0.2) is 11.0 Å². The van der Waals surface area contributed by atoms with Crippen molar-refractivity contribution in [2.24, 2.45) is 0 Å². The molecule has 1 aromatic heterocycles. The molecule has 2 aromatic rings. The van der Waals surface area contributed by atoms with E-state index in [-0.39, 0.29) is 18.2 Å². The molecule has 0 radical (unpaired) electrons. The third-order valence-corrected chi connectivity index (χ3v) is 3.82. The van der Waals surface area contributed by atoms with Crippen LogP contribution in [0.5, 0.6) is 5.75 Å². The third-order valence-electron chi connectivity index (χ3n) is 3.33. The van der Waals surface area contributed by atoms with E-state index in [4.69, 9.17) is 4.74 Å². The van der Waals surface area contributed by atoms with Crippen LogP contribution in [0.3, 0.4) is 0 Å². The van der Waals surface area contributed by atoms with Gasteiger partial charge in [-0.05, 0) is 42.7 Å². The molecule has 0 amide bonds. The molecule has 110 valence electrons. The van der Waals surface area contributed by atoms with Crippen LogP contribution in [0.15, 0.2) is 41.0 Å². The van der Waals surface area contributed by atoms with E-state index in [1.807, 2.05) is 18.3 Å². The first kappa shape index (κ1) is 14.5. The maximum atomic E-state index is 13.5. The highest BCUT2D eigenvalue weighted by Gasteiger charge is 2.19. The number of nitrogens with zero attached hydrogens (tertiary/aromatic N) is 1. The van der Waals surface area contributed by atoms with E-state index in [1.165, 1.54) is 18.9 Å². The minimum atomic E-state index is -0.372. The highest BCUT2D eigenvalue weighted by molar-refractivity contribution is 9.10. The van der Waals surface area contributed by atoms with E-state index in [0.29, 0.717) is 6.04 Å². The fourth-order valence-electron chi connectivity index (χ4n) is 1.93. The summed E-state index contributed by atoms with van der Waals surface area (Å²) in [6, 6.07) is 9.26. The van der Waals surface area contributed by atoms with Gasteiger partial charge < -0.3 is 10.1 Å². The average Bonchev–Trinajstić information content (AvgIpc) is 3.31. The SMILES string of the molecule is Fc1ccc(Br)cc1OCc1ccc(CNC2CC2)cn1. The van der Waals surface area contributed by atoms with Crippen LogP contribution in [0.2, 0.25) is 0 Å². The molecule has 1 saturated carbocycles. The molecule has 0 unspecified atom stereocenters. The molecule has 3 nitrogen and oxygen atoms in total. The Morgan fingerprint density at radius 3 is 2.86 bits per heavy atom. The number of ether oxygens (including phenoxy) is 1. The molecule has 1 fully saturated rings. The highest BCUT2D eigenvalue weighted by atomic mass is 79.9. The lowest BCUT2D eigenvalue weighted by atomic mass is 10.2. The van der Waals surface area contributed by atoms with Gasteiger partial charge in [-0.2, -0.15) is 0 Å². The van der Waals surface area contributed by atoms with Gasteiger partial charge in [0.25, 0.3) is 0 Å². The van der Waals surface area contributed by atoms with Crippen molar-refractivity contribution in [2.75, 3.05) is 0 Å². The Morgan fingerprint density at radius 2 is 2.14 bits per heavy atom. The number of halogens is 2. The molecule has 0 bridgehead atoms. The molecule has 0 saturated heterocycles. The van der Waals surface area contributed by atoms with E-state index < -0.39 is 0 Å². The average molecular weight is 351 g/mol. The number of hydrogen-bond donors (Lipinski definition) is 1. The standard InChI is InChI=1S/C16H16BrFN2O/c17-12-2-6-15(18)16(7-12)21-10-14-3-1-11(9-20-14)8-19-13-4-5-13/h1-3,6-7,9,13,19H,4-5,8,10H2. The van der Waals surface area contributed by atoms with Crippen LogP contribution in [-0.2, 0) is 13.2 Å². The van der Waals surface area contributed by atoms with Crippen LogP contribution in [0.1, 0.15) is 24.1 Å². The lowest BCUT2D eigenvalue weighted by molar-refractivity contribution is 0.285.